The second-order valence-electron chi connectivity index (χ2n) is 5.91. The molecule has 1 aromatic heterocycles. The average molecular weight is 399 g/mol. The number of hydrogen-bond acceptors (Lipinski definition) is 5. The van der Waals surface area contributed by atoms with Gasteiger partial charge in [-0.1, -0.05) is 19.1 Å². The van der Waals surface area contributed by atoms with Gasteiger partial charge in [-0.2, -0.15) is 5.10 Å². The molecule has 0 spiro atoms. The maximum atomic E-state index is 13.3. The van der Waals surface area contributed by atoms with Gasteiger partial charge in [-0.05, 0) is 36.2 Å². The van der Waals surface area contributed by atoms with Gasteiger partial charge in [0.1, 0.15) is 17.3 Å². The van der Waals surface area contributed by atoms with Gasteiger partial charge in [-0.3, -0.25) is 4.99 Å². The van der Waals surface area contributed by atoms with E-state index in [0.717, 1.165) is 27.3 Å². The van der Waals surface area contributed by atoms with Crippen molar-refractivity contribution in [2.75, 3.05) is 21.3 Å². The Bertz CT molecular complexity index is 1050. The van der Waals surface area contributed by atoms with Crippen LogP contribution in [0, 0.1) is 5.82 Å². The summed E-state index contributed by atoms with van der Waals surface area (Å²) in [5.74, 6) is 1.13. The van der Waals surface area contributed by atoms with Crippen molar-refractivity contribution < 1.29 is 13.9 Å². The van der Waals surface area contributed by atoms with Gasteiger partial charge in [0.05, 0.1) is 25.6 Å². The zero-order chi connectivity index (χ0) is 20.1. The zero-order valence-corrected chi connectivity index (χ0v) is 17.1. The molecule has 0 aliphatic carbocycles. The van der Waals surface area contributed by atoms with Crippen molar-refractivity contribution in [1.29, 1.82) is 0 Å². The third kappa shape index (κ3) is 3.99. The largest absolute Gasteiger partial charge is 0.497 e. The summed E-state index contributed by atoms with van der Waals surface area (Å²) in [6.07, 6.45) is 0.691. The predicted octanol–water partition coefficient (Wildman–Crippen LogP) is 4.57. The number of rotatable bonds is 6. The average Bonchev–Trinajstić information content (AvgIpc) is 3.14. The molecule has 146 valence electrons. The summed E-state index contributed by atoms with van der Waals surface area (Å²) in [6.45, 7) is 2.02. The fourth-order valence-corrected chi connectivity index (χ4v) is 3.63. The number of thiazole rings is 1. The normalized spacial score (nSPS) is 12.3. The summed E-state index contributed by atoms with van der Waals surface area (Å²) in [5, 5.41) is 6.84. The molecule has 0 fully saturated rings. The monoisotopic (exact) mass is 399 g/mol. The summed E-state index contributed by atoms with van der Waals surface area (Å²) < 4.78 is 26.0. The summed E-state index contributed by atoms with van der Waals surface area (Å²) in [7, 11) is 4.98. The number of ether oxygens (including phenoxy) is 2. The molecule has 0 radical (unpaired) electrons. The van der Waals surface area contributed by atoms with E-state index < -0.39 is 0 Å². The van der Waals surface area contributed by atoms with Crippen molar-refractivity contribution in [2.24, 2.45) is 10.1 Å². The number of hydrogen-bond donors (Lipinski definition) is 0. The second-order valence-corrected chi connectivity index (χ2v) is 6.75. The Morgan fingerprint density at radius 2 is 1.86 bits per heavy atom. The van der Waals surface area contributed by atoms with E-state index in [9.17, 15) is 4.39 Å². The van der Waals surface area contributed by atoms with Crippen LogP contribution in [0.5, 0.6) is 11.5 Å². The van der Waals surface area contributed by atoms with E-state index in [1.54, 1.807) is 38.1 Å². The van der Waals surface area contributed by atoms with Crippen LogP contribution in [0.25, 0.3) is 11.3 Å². The van der Waals surface area contributed by atoms with E-state index in [-0.39, 0.29) is 5.82 Å². The van der Waals surface area contributed by atoms with Gasteiger partial charge < -0.3 is 9.47 Å². The molecule has 0 bridgehead atoms. The molecule has 0 unspecified atom stereocenters. The number of aromatic nitrogens is 1. The van der Waals surface area contributed by atoms with E-state index in [0.29, 0.717) is 17.9 Å². The number of nitrogens with zero attached hydrogens (tertiary/aromatic N) is 3. The highest BCUT2D eigenvalue weighted by atomic mass is 32.1. The fraction of sp³-hybridized carbons (Fsp3) is 0.238. The van der Waals surface area contributed by atoms with Crippen molar-refractivity contribution >= 4 is 17.0 Å². The number of methoxy groups -OCH3 is 2. The van der Waals surface area contributed by atoms with Crippen molar-refractivity contribution in [3.8, 4) is 22.8 Å². The minimum atomic E-state index is -0.268. The van der Waals surface area contributed by atoms with E-state index in [4.69, 9.17) is 14.6 Å². The summed E-state index contributed by atoms with van der Waals surface area (Å²) in [5.41, 5.74) is 3.45. The lowest BCUT2D eigenvalue weighted by molar-refractivity contribution is 0.395. The topological polar surface area (TPSA) is 48.1 Å². The number of benzene rings is 2. The maximum Gasteiger partial charge on any atom is 0.205 e. The van der Waals surface area contributed by atoms with Crippen LogP contribution < -0.4 is 14.3 Å². The highest BCUT2D eigenvalue weighted by Gasteiger charge is 2.14. The molecule has 5 nitrogen and oxygen atoms in total. The van der Waals surface area contributed by atoms with Crippen molar-refractivity contribution in [3.05, 3.63) is 64.0 Å². The van der Waals surface area contributed by atoms with Crippen LogP contribution >= 0.6 is 11.3 Å². The summed E-state index contributed by atoms with van der Waals surface area (Å²) in [6, 6.07) is 12.0. The zero-order valence-electron chi connectivity index (χ0n) is 16.3. The molecule has 0 aliphatic rings. The van der Waals surface area contributed by atoms with Crippen LogP contribution in [-0.4, -0.2) is 31.7 Å². The second kappa shape index (κ2) is 8.84. The lowest BCUT2D eigenvalue weighted by Gasteiger charge is -2.12. The van der Waals surface area contributed by atoms with E-state index in [1.807, 2.05) is 30.5 Å². The van der Waals surface area contributed by atoms with Gasteiger partial charge in [0.25, 0.3) is 0 Å². The minimum absolute atomic E-state index is 0.268. The Hall–Kier alpha value is -2.93. The Morgan fingerprint density at radius 1 is 1.11 bits per heavy atom. The molecule has 28 heavy (non-hydrogen) atoms. The molecule has 0 saturated carbocycles. The summed E-state index contributed by atoms with van der Waals surface area (Å²) in [4.78, 5) is 5.10. The van der Waals surface area contributed by atoms with E-state index in [2.05, 4.69) is 4.99 Å². The highest BCUT2D eigenvalue weighted by Crippen LogP contribution is 2.33. The van der Waals surface area contributed by atoms with Gasteiger partial charge in [-0.25, -0.2) is 9.07 Å². The smallest absolute Gasteiger partial charge is 0.205 e. The van der Waals surface area contributed by atoms with E-state index >= 15 is 0 Å². The van der Waals surface area contributed by atoms with Gasteiger partial charge in [-0.15, -0.1) is 11.3 Å². The first kappa shape index (κ1) is 19.8. The van der Waals surface area contributed by atoms with Crippen molar-refractivity contribution in [3.63, 3.8) is 0 Å². The molecule has 0 saturated heterocycles. The third-order valence-electron chi connectivity index (χ3n) is 4.29. The quantitative estimate of drug-likeness (QED) is 0.570. The maximum absolute atomic E-state index is 13.3. The number of halogens is 1. The summed E-state index contributed by atoms with van der Waals surface area (Å²) >= 11 is 1.49. The Kier molecular flexibility index (Phi) is 6.26. The standard InChI is InChI=1S/C21H22FN3O2S/c1-5-18(14-6-8-15(22)9-7-14)24-25-19(13-28-21(25)23-2)17-11-10-16(26-3)12-20(17)27-4/h6-13H,5H2,1-4H3. The SMILES string of the molecule is CCC(=Nn1c(-c2ccc(OC)cc2OC)csc1=NC)c1ccc(F)cc1. The Labute approximate surface area is 167 Å². The predicted molar refractivity (Wildman–Crippen MR) is 111 cm³/mol. The van der Waals surface area contributed by atoms with Crippen LogP contribution in [0.3, 0.4) is 0 Å². The molecular weight excluding hydrogens is 377 g/mol. The lowest BCUT2D eigenvalue weighted by atomic mass is 10.1. The minimum Gasteiger partial charge on any atom is -0.497 e. The molecule has 3 rings (SSSR count). The Balaban J connectivity index is 2.17. The first-order valence-electron chi connectivity index (χ1n) is 8.80. The van der Waals surface area contributed by atoms with Gasteiger partial charge in [0, 0.05) is 24.1 Å². The van der Waals surface area contributed by atoms with E-state index in [1.165, 1.54) is 23.5 Å². The van der Waals surface area contributed by atoms with Crippen LogP contribution in [-0.2, 0) is 0 Å². The molecule has 2 aromatic carbocycles. The van der Waals surface area contributed by atoms with Crippen LogP contribution in [0.1, 0.15) is 18.9 Å². The van der Waals surface area contributed by atoms with Crippen molar-refractivity contribution in [2.45, 2.75) is 13.3 Å². The highest BCUT2D eigenvalue weighted by molar-refractivity contribution is 7.07. The Morgan fingerprint density at radius 3 is 2.46 bits per heavy atom. The molecule has 3 aromatic rings. The fourth-order valence-electron chi connectivity index (χ4n) is 2.84. The van der Waals surface area contributed by atoms with Crippen LogP contribution in [0.15, 0.2) is 57.9 Å². The van der Waals surface area contributed by atoms with Crippen LogP contribution in [0.4, 0.5) is 4.39 Å². The van der Waals surface area contributed by atoms with Gasteiger partial charge in [0.2, 0.25) is 4.80 Å². The van der Waals surface area contributed by atoms with Gasteiger partial charge >= 0.3 is 0 Å². The van der Waals surface area contributed by atoms with Gasteiger partial charge in [0.15, 0.2) is 0 Å². The molecule has 0 N–H and O–H groups in total. The molecule has 0 amide bonds. The molecule has 0 aliphatic heterocycles. The lowest BCUT2D eigenvalue weighted by Crippen LogP contribution is -2.15. The molecular formula is C21H22FN3O2S. The third-order valence-corrected chi connectivity index (χ3v) is 5.20. The molecule has 0 atom stereocenters. The molecule has 1 heterocycles. The first-order valence-corrected chi connectivity index (χ1v) is 9.68. The first-order chi connectivity index (χ1) is 13.6. The molecule has 7 heteroatoms. The van der Waals surface area contributed by atoms with Crippen molar-refractivity contribution in [1.82, 2.24) is 4.68 Å². The van der Waals surface area contributed by atoms with Crippen LogP contribution in [0.2, 0.25) is 0 Å².